The van der Waals surface area contributed by atoms with E-state index in [1.54, 1.807) is 30.3 Å². The second kappa shape index (κ2) is 5.61. The molecule has 0 saturated carbocycles. The number of hydrogen-bond donors (Lipinski definition) is 1. The Morgan fingerprint density at radius 2 is 1.52 bits per heavy atom. The standard InChI is InChI=1S/C14H11F2NO3S/c15-14(16,10-18)11-6-8-13(9-7-11)21(19,20)17-12-4-2-1-3-5-12/h1-10,17H. The summed E-state index contributed by atoms with van der Waals surface area (Å²) in [6, 6.07) is 12.0. The summed E-state index contributed by atoms with van der Waals surface area (Å²) in [7, 11) is -3.87. The van der Waals surface area contributed by atoms with Crippen LogP contribution in [0, 0.1) is 0 Å². The molecule has 21 heavy (non-hydrogen) atoms. The quantitative estimate of drug-likeness (QED) is 0.864. The van der Waals surface area contributed by atoms with Crippen LogP contribution in [0.1, 0.15) is 5.56 Å². The molecular weight excluding hydrogens is 300 g/mol. The molecule has 1 N–H and O–H groups in total. The van der Waals surface area contributed by atoms with Crippen molar-refractivity contribution in [2.45, 2.75) is 10.8 Å². The van der Waals surface area contributed by atoms with Crippen LogP contribution in [0.3, 0.4) is 0 Å². The lowest BCUT2D eigenvalue weighted by Crippen LogP contribution is -2.16. The molecule has 2 aromatic rings. The molecule has 0 aliphatic heterocycles. The van der Waals surface area contributed by atoms with E-state index in [-0.39, 0.29) is 4.90 Å². The van der Waals surface area contributed by atoms with E-state index >= 15 is 0 Å². The number of nitrogens with one attached hydrogen (secondary N) is 1. The monoisotopic (exact) mass is 311 g/mol. The number of alkyl halides is 2. The van der Waals surface area contributed by atoms with E-state index in [4.69, 9.17) is 0 Å². The fourth-order valence-corrected chi connectivity index (χ4v) is 2.70. The molecule has 0 atom stereocenters. The Hall–Kier alpha value is -2.28. The zero-order valence-electron chi connectivity index (χ0n) is 10.7. The van der Waals surface area contributed by atoms with E-state index in [2.05, 4.69) is 4.72 Å². The summed E-state index contributed by atoms with van der Waals surface area (Å²) in [5.41, 5.74) is -0.198. The van der Waals surface area contributed by atoms with Gasteiger partial charge in [0.25, 0.3) is 10.0 Å². The molecule has 0 heterocycles. The van der Waals surface area contributed by atoms with Crippen LogP contribution in [0.4, 0.5) is 14.5 Å². The Kier molecular flexibility index (Phi) is 4.04. The van der Waals surface area contributed by atoms with Gasteiger partial charge >= 0.3 is 5.92 Å². The number of hydrogen-bond acceptors (Lipinski definition) is 3. The third-order valence-electron chi connectivity index (χ3n) is 2.72. The number of benzene rings is 2. The van der Waals surface area contributed by atoms with E-state index in [9.17, 15) is 22.0 Å². The van der Waals surface area contributed by atoms with Crippen molar-refractivity contribution in [1.29, 1.82) is 0 Å². The number of anilines is 1. The molecule has 0 saturated heterocycles. The summed E-state index contributed by atoms with van der Waals surface area (Å²) in [5, 5.41) is 0. The third-order valence-corrected chi connectivity index (χ3v) is 4.12. The smallest absolute Gasteiger partial charge is 0.296 e. The number of sulfonamides is 1. The van der Waals surface area contributed by atoms with E-state index in [1.165, 1.54) is 0 Å². The van der Waals surface area contributed by atoms with Crippen molar-refractivity contribution in [3.05, 3.63) is 60.2 Å². The highest BCUT2D eigenvalue weighted by molar-refractivity contribution is 7.92. The second-order valence-electron chi connectivity index (χ2n) is 4.24. The molecule has 0 amide bonds. The molecule has 0 aliphatic carbocycles. The topological polar surface area (TPSA) is 63.2 Å². The molecule has 0 aliphatic rings. The van der Waals surface area contributed by atoms with Crippen molar-refractivity contribution in [3.8, 4) is 0 Å². The number of aldehydes is 1. The Morgan fingerprint density at radius 3 is 2.05 bits per heavy atom. The minimum absolute atomic E-state index is 0.170. The molecule has 7 heteroatoms. The van der Waals surface area contributed by atoms with Crippen LogP contribution in [0.5, 0.6) is 0 Å². The Morgan fingerprint density at radius 1 is 0.952 bits per heavy atom. The highest BCUT2D eigenvalue weighted by atomic mass is 32.2. The number of carbonyl (C=O) groups is 1. The zero-order chi connectivity index (χ0) is 15.5. The number of halogens is 2. The Bertz CT molecular complexity index is 729. The van der Waals surface area contributed by atoms with Gasteiger partial charge in [0.05, 0.1) is 4.90 Å². The number of para-hydroxylation sites is 1. The van der Waals surface area contributed by atoms with E-state index in [0.717, 1.165) is 24.3 Å². The molecule has 0 fully saturated rings. The predicted octanol–water partition coefficient (Wildman–Crippen LogP) is 2.78. The SMILES string of the molecule is O=CC(F)(F)c1ccc(S(=O)(=O)Nc2ccccc2)cc1. The molecule has 4 nitrogen and oxygen atoms in total. The van der Waals surface area contributed by atoms with E-state index in [0.29, 0.717) is 5.69 Å². The summed E-state index contributed by atoms with van der Waals surface area (Å²) in [5.74, 6) is -3.63. The van der Waals surface area contributed by atoms with Gasteiger partial charge in [0.2, 0.25) is 0 Å². The third kappa shape index (κ3) is 3.43. The van der Waals surface area contributed by atoms with Crippen LogP contribution >= 0.6 is 0 Å². The first-order chi connectivity index (χ1) is 9.85. The van der Waals surface area contributed by atoms with Crippen LogP contribution in [-0.2, 0) is 20.7 Å². The van der Waals surface area contributed by atoms with Gasteiger partial charge in [-0.2, -0.15) is 8.78 Å². The van der Waals surface area contributed by atoms with Crippen LogP contribution in [0.2, 0.25) is 0 Å². The van der Waals surface area contributed by atoms with Crippen LogP contribution < -0.4 is 4.72 Å². The van der Waals surface area contributed by atoms with Crippen molar-refractivity contribution >= 4 is 22.0 Å². The van der Waals surface area contributed by atoms with Crippen molar-refractivity contribution in [1.82, 2.24) is 0 Å². The van der Waals surface area contributed by atoms with Crippen molar-refractivity contribution in [3.63, 3.8) is 0 Å². The zero-order valence-corrected chi connectivity index (χ0v) is 11.5. The maximum Gasteiger partial charge on any atom is 0.327 e. The van der Waals surface area contributed by atoms with Crippen molar-refractivity contribution in [2.75, 3.05) is 4.72 Å². The van der Waals surface area contributed by atoms with Crippen molar-refractivity contribution < 1.29 is 22.0 Å². The fourth-order valence-electron chi connectivity index (χ4n) is 1.64. The van der Waals surface area contributed by atoms with E-state index < -0.39 is 27.8 Å². The largest absolute Gasteiger partial charge is 0.327 e. The first-order valence-corrected chi connectivity index (χ1v) is 7.36. The first-order valence-electron chi connectivity index (χ1n) is 5.88. The summed E-state index contributed by atoms with van der Waals surface area (Å²) in [4.78, 5) is 10.1. The van der Waals surface area contributed by atoms with Gasteiger partial charge in [-0.3, -0.25) is 9.52 Å². The minimum Gasteiger partial charge on any atom is -0.296 e. The fraction of sp³-hybridized carbons (Fsp3) is 0.0714. The Labute approximate surface area is 120 Å². The van der Waals surface area contributed by atoms with Crippen LogP contribution in [-0.4, -0.2) is 14.7 Å². The number of rotatable bonds is 5. The maximum absolute atomic E-state index is 13.1. The lowest BCUT2D eigenvalue weighted by molar-refractivity contribution is -0.130. The Balaban J connectivity index is 2.28. The average molecular weight is 311 g/mol. The maximum atomic E-state index is 13.1. The van der Waals surface area contributed by atoms with Gasteiger partial charge in [-0.1, -0.05) is 30.3 Å². The average Bonchev–Trinajstić information content (AvgIpc) is 2.48. The van der Waals surface area contributed by atoms with Crippen LogP contribution in [0.15, 0.2) is 59.5 Å². The molecule has 0 radical (unpaired) electrons. The van der Waals surface area contributed by atoms with Crippen molar-refractivity contribution in [2.24, 2.45) is 0 Å². The highest BCUT2D eigenvalue weighted by Crippen LogP contribution is 2.26. The lowest BCUT2D eigenvalue weighted by Gasteiger charge is -2.11. The molecule has 0 spiro atoms. The molecule has 110 valence electrons. The van der Waals surface area contributed by atoms with Crippen LogP contribution in [0.25, 0.3) is 0 Å². The molecule has 2 aromatic carbocycles. The van der Waals surface area contributed by atoms with Gasteiger partial charge < -0.3 is 0 Å². The van der Waals surface area contributed by atoms with E-state index in [1.807, 2.05) is 0 Å². The van der Waals surface area contributed by atoms with Gasteiger partial charge in [-0.15, -0.1) is 0 Å². The summed E-state index contributed by atoms with van der Waals surface area (Å²) >= 11 is 0. The molecule has 2 rings (SSSR count). The van der Waals surface area contributed by atoms with Gasteiger partial charge in [-0.25, -0.2) is 8.42 Å². The summed E-state index contributed by atoms with van der Waals surface area (Å²) in [6.07, 6.45) is -0.487. The molecular formula is C14H11F2NO3S. The summed E-state index contributed by atoms with van der Waals surface area (Å²) in [6.45, 7) is 0. The number of carbonyl (C=O) groups excluding carboxylic acids is 1. The van der Waals surface area contributed by atoms with Gasteiger partial charge in [0.1, 0.15) is 0 Å². The normalized spacial score (nSPS) is 11.9. The minimum atomic E-state index is -3.87. The molecule has 0 bridgehead atoms. The van der Waals surface area contributed by atoms with Gasteiger partial charge in [-0.05, 0) is 24.3 Å². The first kappa shape index (κ1) is 15.1. The van der Waals surface area contributed by atoms with Gasteiger partial charge in [0, 0.05) is 11.3 Å². The molecule has 0 unspecified atom stereocenters. The predicted molar refractivity (Wildman–Crippen MR) is 73.7 cm³/mol. The lowest BCUT2D eigenvalue weighted by atomic mass is 10.1. The summed E-state index contributed by atoms with van der Waals surface area (Å²) < 4.78 is 52.7. The molecule has 0 aromatic heterocycles. The second-order valence-corrected chi connectivity index (χ2v) is 5.92. The van der Waals surface area contributed by atoms with Gasteiger partial charge in [0.15, 0.2) is 6.29 Å². The highest BCUT2D eigenvalue weighted by Gasteiger charge is 2.31.